The van der Waals surface area contributed by atoms with Gasteiger partial charge >= 0.3 is 0 Å². The molecule has 0 unspecified atom stereocenters. The molecular formula is C15H19FN4O. The number of aryl methyl sites for hydroxylation is 2. The number of anilines is 2. The molecule has 0 fully saturated rings. The van der Waals surface area contributed by atoms with E-state index in [1.54, 1.807) is 36.9 Å². The zero-order chi connectivity index (χ0) is 15.4. The lowest BCUT2D eigenvalue weighted by Crippen LogP contribution is -2.31. The number of nitrogens with zero attached hydrogens (tertiary/aromatic N) is 2. The highest BCUT2D eigenvalue weighted by molar-refractivity contribution is 5.96. The summed E-state index contributed by atoms with van der Waals surface area (Å²) in [6.45, 7) is 6.17. The first kappa shape index (κ1) is 15.0. The first-order valence-electron chi connectivity index (χ1n) is 6.85. The number of carbonyl (C=O) groups excluding carboxylic acids is 1. The van der Waals surface area contributed by atoms with Crippen molar-refractivity contribution in [3.8, 4) is 0 Å². The minimum absolute atomic E-state index is 0.234. The molecule has 6 heteroatoms. The monoisotopic (exact) mass is 290 g/mol. The molecule has 0 bridgehead atoms. The number of halogens is 1. The molecule has 1 atom stereocenters. The number of hydrogen-bond acceptors (Lipinski definition) is 3. The summed E-state index contributed by atoms with van der Waals surface area (Å²) in [4.78, 5) is 12.1. The third-order valence-corrected chi connectivity index (χ3v) is 3.17. The molecule has 1 aromatic heterocycles. The average molecular weight is 290 g/mol. The van der Waals surface area contributed by atoms with Gasteiger partial charge in [0, 0.05) is 18.4 Å². The standard InChI is InChI=1S/C15H19FN4O/c1-4-20-9-13(8-17-20)18-11(3)15(21)19-12-6-5-10(2)14(16)7-12/h5-9,11,18H,4H2,1-3H3,(H,19,21)/t11-/m1/s1. The van der Waals surface area contributed by atoms with Crippen molar-refractivity contribution in [2.45, 2.75) is 33.4 Å². The predicted molar refractivity (Wildman–Crippen MR) is 80.8 cm³/mol. The van der Waals surface area contributed by atoms with Crippen molar-refractivity contribution in [1.82, 2.24) is 9.78 Å². The number of carbonyl (C=O) groups is 1. The maximum atomic E-state index is 13.4. The van der Waals surface area contributed by atoms with Gasteiger partial charge in [0.05, 0.1) is 11.9 Å². The average Bonchev–Trinajstić information content (AvgIpc) is 2.90. The van der Waals surface area contributed by atoms with Crippen LogP contribution in [0, 0.1) is 12.7 Å². The fraction of sp³-hybridized carbons (Fsp3) is 0.333. The second-order valence-electron chi connectivity index (χ2n) is 4.90. The van der Waals surface area contributed by atoms with Crippen molar-refractivity contribution in [3.63, 3.8) is 0 Å². The molecule has 1 heterocycles. The Kier molecular flexibility index (Phi) is 4.57. The van der Waals surface area contributed by atoms with Gasteiger partial charge in [-0.1, -0.05) is 6.07 Å². The fourth-order valence-electron chi connectivity index (χ4n) is 1.85. The van der Waals surface area contributed by atoms with Crippen molar-refractivity contribution in [1.29, 1.82) is 0 Å². The molecule has 0 saturated carbocycles. The van der Waals surface area contributed by atoms with E-state index >= 15 is 0 Å². The molecule has 2 rings (SSSR count). The summed E-state index contributed by atoms with van der Waals surface area (Å²) in [5.74, 6) is -0.569. The highest BCUT2D eigenvalue weighted by Gasteiger charge is 2.14. The number of nitrogens with one attached hydrogen (secondary N) is 2. The van der Waals surface area contributed by atoms with Gasteiger partial charge in [0.2, 0.25) is 5.91 Å². The van der Waals surface area contributed by atoms with Crippen LogP contribution in [0.2, 0.25) is 0 Å². The van der Waals surface area contributed by atoms with E-state index in [0.717, 1.165) is 12.2 Å². The number of benzene rings is 1. The third-order valence-electron chi connectivity index (χ3n) is 3.17. The molecule has 21 heavy (non-hydrogen) atoms. The molecule has 0 radical (unpaired) electrons. The maximum absolute atomic E-state index is 13.4. The van der Waals surface area contributed by atoms with Crippen molar-refractivity contribution >= 4 is 17.3 Å². The number of hydrogen-bond donors (Lipinski definition) is 2. The van der Waals surface area contributed by atoms with E-state index in [1.807, 2.05) is 13.1 Å². The van der Waals surface area contributed by atoms with Crippen LogP contribution in [-0.2, 0) is 11.3 Å². The van der Waals surface area contributed by atoms with E-state index in [9.17, 15) is 9.18 Å². The third kappa shape index (κ3) is 3.81. The Morgan fingerprint density at radius 1 is 1.43 bits per heavy atom. The number of amides is 1. The first-order valence-corrected chi connectivity index (χ1v) is 6.85. The van der Waals surface area contributed by atoms with Crippen LogP contribution in [0.1, 0.15) is 19.4 Å². The topological polar surface area (TPSA) is 59.0 Å². The predicted octanol–water partition coefficient (Wildman–Crippen LogP) is 2.79. The molecule has 1 amide bonds. The molecule has 112 valence electrons. The zero-order valence-electron chi connectivity index (χ0n) is 12.4. The molecule has 0 spiro atoms. The lowest BCUT2D eigenvalue weighted by atomic mass is 10.2. The SMILES string of the molecule is CCn1cc(N[C@H](C)C(=O)Nc2ccc(C)c(F)c2)cn1. The van der Waals surface area contributed by atoms with Gasteiger partial charge in [-0.25, -0.2) is 4.39 Å². The molecule has 1 aromatic carbocycles. The van der Waals surface area contributed by atoms with Gasteiger partial charge in [0.25, 0.3) is 0 Å². The smallest absolute Gasteiger partial charge is 0.246 e. The summed E-state index contributed by atoms with van der Waals surface area (Å²) in [5.41, 5.74) is 1.77. The van der Waals surface area contributed by atoms with Gasteiger partial charge in [-0.2, -0.15) is 5.10 Å². The Labute approximate surface area is 123 Å². The molecule has 0 saturated heterocycles. The van der Waals surface area contributed by atoms with Gasteiger partial charge in [-0.3, -0.25) is 9.48 Å². The van der Waals surface area contributed by atoms with Crippen molar-refractivity contribution in [3.05, 3.63) is 42.0 Å². The number of rotatable bonds is 5. The van der Waals surface area contributed by atoms with Crippen LogP contribution in [0.15, 0.2) is 30.6 Å². The van der Waals surface area contributed by atoms with Crippen LogP contribution in [0.25, 0.3) is 0 Å². The van der Waals surface area contributed by atoms with Gasteiger partial charge in [-0.15, -0.1) is 0 Å². The molecular weight excluding hydrogens is 271 g/mol. The van der Waals surface area contributed by atoms with Crippen LogP contribution in [0.4, 0.5) is 15.8 Å². The summed E-state index contributed by atoms with van der Waals surface area (Å²) in [5, 5.41) is 9.86. The minimum Gasteiger partial charge on any atom is -0.371 e. The van der Waals surface area contributed by atoms with Crippen LogP contribution >= 0.6 is 0 Å². The summed E-state index contributed by atoms with van der Waals surface area (Å²) in [6.07, 6.45) is 3.49. The number of aromatic nitrogens is 2. The van der Waals surface area contributed by atoms with E-state index < -0.39 is 6.04 Å². The van der Waals surface area contributed by atoms with E-state index in [-0.39, 0.29) is 11.7 Å². The van der Waals surface area contributed by atoms with Crippen LogP contribution < -0.4 is 10.6 Å². The largest absolute Gasteiger partial charge is 0.371 e. The van der Waals surface area contributed by atoms with E-state index in [2.05, 4.69) is 15.7 Å². The Balaban J connectivity index is 1.97. The molecule has 0 aliphatic carbocycles. The second kappa shape index (κ2) is 6.39. The van der Waals surface area contributed by atoms with Crippen LogP contribution in [-0.4, -0.2) is 21.7 Å². The minimum atomic E-state index is -0.455. The molecule has 0 aliphatic heterocycles. The molecule has 5 nitrogen and oxygen atoms in total. The second-order valence-corrected chi connectivity index (χ2v) is 4.90. The summed E-state index contributed by atoms with van der Waals surface area (Å²) >= 11 is 0. The lowest BCUT2D eigenvalue weighted by Gasteiger charge is -2.14. The van der Waals surface area contributed by atoms with Crippen molar-refractivity contribution < 1.29 is 9.18 Å². The highest BCUT2D eigenvalue weighted by atomic mass is 19.1. The molecule has 2 aromatic rings. The maximum Gasteiger partial charge on any atom is 0.246 e. The van der Waals surface area contributed by atoms with Gasteiger partial charge in [-0.05, 0) is 38.5 Å². The van der Waals surface area contributed by atoms with Gasteiger partial charge in [0.15, 0.2) is 0 Å². The Morgan fingerprint density at radius 2 is 2.19 bits per heavy atom. The van der Waals surface area contributed by atoms with Crippen molar-refractivity contribution in [2.24, 2.45) is 0 Å². The normalized spacial score (nSPS) is 12.0. The van der Waals surface area contributed by atoms with E-state index in [1.165, 1.54) is 6.07 Å². The Morgan fingerprint density at radius 3 is 2.81 bits per heavy atom. The lowest BCUT2D eigenvalue weighted by molar-refractivity contribution is -0.116. The van der Waals surface area contributed by atoms with Crippen molar-refractivity contribution in [2.75, 3.05) is 10.6 Å². The summed E-state index contributed by atoms with van der Waals surface area (Å²) < 4.78 is 15.2. The summed E-state index contributed by atoms with van der Waals surface area (Å²) in [6, 6.07) is 4.17. The van der Waals surface area contributed by atoms with Crippen LogP contribution in [0.5, 0.6) is 0 Å². The van der Waals surface area contributed by atoms with Gasteiger partial charge < -0.3 is 10.6 Å². The fourth-order valence-corrected chi connectivity index (χ4v) is 1.85. The Bertz CT molecular complexity index is 638. The van der Waals surface area contributed by atoms with Gasteiger partial charge in [0.1, 0.15) is 11.9 Å². The zero-order valence-corrected chi connectivity index (χ0v) is 12.4. The molecule has 0 aliphatic rings. The quantitative estimate of drug-likeness (QED) is 0.890. The van der Waals surface area contributed by atoms with Crippen LogP contribution in [0.3, 0.4) is 0 Å². The van der Waals surface area contributed by atoms with E-state index in [4.69, 9.17) is 0 Å². The molecule has 2 N–H and O–H groups in total. The Hall–Kier alpha value is -2.37. The van der Waals surface area contributed by atoms with E-state index in [0.29, 0.717) is 11.3 Å². The summed E-state index contributed by atoms with van der Waals surface area (Å²) in [7, 11) is 0. The highest BCUT2D eigenvalue weighted by Crippen LogP contribution is 2.14. The first-order chi connectivity index (χ1) is 9.99.